The van der Waals surface area contributed by atoms with Crippen molar-refractivity contribution in [3.63, 3.8) is 0 Å². The summed E-state index contributed by atoms with van der Waals surface area (Å²) in [5, 5.41) is 30.2. The zero-order chi connectivity index (χ0) is 28.8. The van der Waals surface area contributed by atoms with Crippen molar-refractivity contribution >= 4 is 23.2 Å². The Morgan fingerprint density at radius 3 is 1.18 bits per heavy atom. The molecule has 0 aliphatic rings. The van der Waals surface area contributed by atoms with Crippen LogP contribution in [0.5, 0.6) is 5.75 Å². The number of aromatic hydroxyl groups is 1. The van der Waals surface area contributed by atoms with Crippen molar-refractivity contribution in [1.82, 2.24) is 0 Å². The number of phenolic OH excluding ortho intramolecular Hbond substituents is 1. The van der Waals surface area contributed by atoms with Crippen LogP contribution in [0.2, 0.25) is 0 Å². The molecule has 204 valence electrons. The fraction of sp³-hybridized carbons (Fsp3) is 0.273. The molecule has 0 spiro atoms. The molecule has 0 radical (unpaired) electrons. The van der Waals surface area contributed by atoms with Gasteiger partial charge in [-0.2, -0.15) is 0 Å². The van der Waals surface area contributed by atoms with E-state index in [1.54, 1.807) is 0 Å². The van der Waals surface area contributed by atoms with Crippen LogP contribution >= 0.6 is 7.26 Å². The summed E-state index contributed by atoms with van der Waals surface area (Å²) in [5.74, 6) is 0.441. The van der Waals surface area contributed by atoms with Crippen molar-refractivity contribution in [2.45, 2.75) is 58.5 Å². The van der Waals surface area contributed by atoms with Crippen molar-refractivity contribution in [2.24, 2.45) is 0 Å². The van der Waals surface area contributed by atoms with E-state index in [4.69, 9.17) is 15.3 Å². The van der Waals surface area contributed by atoms with E-state index in [2.05, 4.69) is 145 Å². The summed E-state index contributed by atoms with van der Waals surface area (Å²) >= 11 is 0. The van der Waals surface area contributed by atoms with E-state index in [-0.39, 0.29) is 10.8 Å². The first-order chi connectivity index (χ1) is 18.3. The van der Waals surface area contributed by atoms with Crippen LogP contribution in [-0.4, -0.2) is 10.2 Å². The van der Waals surface area contributed by atoms with Gasteiger partial charge in [0.15, 0.2) is 0 Å². The predicted molar refractivity (Wildman–Crippen MR) is 165 cm³/mol. The summed E-state index contributed by atoms with van der Waals surface area (Å²) in [6.45, 7) is 13.1. The molecule has 1 N–H and O–H groups in total. The first-order valence-electron chi connectivity index (χ1n) is 13.0. The number of benzene rings is 4. The summed E-state index contributed by atoms with van der Waals surface area (Å²) in [4.78, 5) is 8.25. The van der Waals surface area contributed by atoms with Gasteiger partial charge in [0.1, 0.15) is 28.9 Å². The first kappa shape index (κ1) is 29.9. The predicted octanol–water partition coefficient (Wildman–Crippen LogP) is 7.24. The van der Waals surface area contributed by atoms with Gasteiger partial charge in [0.05, 0.1) is 11.2 Å². The zero-order valence-electron chi connectivity index (χ0n) is 23.6. The number of hydrogen-bond acceptors (Lipinski definition) is 4. The minimum atomic E-state index is -2.02. The van der Waals surface area contributed by atoms with E-state index in [1.807, 2.05) is 0 Å². The minimum Gasteiger partial charge on any atom is -0.507 e. The highest BCUT2D eigenvalue weighted by atomic mass is 31.2. The molecule has 0 fully saturated rings. The Morgan fingerprint density at radius 1 is 0.641 bits per heavy atom. The molecule has 0 unspecified atom stereocenters. The van der Waals surface area contributed by atoms with E-state index in [0.717, 1.165) is 17.3 Å². The minimum absolute atomic E-state index is 0.159. The Bertz CT molecular complexity index is 1240. The van der Waals surface area contributed by atoms with Crippen LogP contribution < -0.4 is 15.9 Å². The highest BCUT2D eigenvalue weighted by Gasteiger charge is 2.45. The van der Waals surface area contributed by atoms with Crippen molar-refractivity contribution in [2.75, 3.05) is 0 Å². The zero-order valence-corrected chi connectivity index (χ0v) is 24.5. The number of hydrogen-bond donors (Lipinski definition) is 1. The smallest absolute Gasteiger partial charge is 0.123 e. The maximum Gasteiger partial charge on any atom is 0.123 e. The van der Waals surface area contributed by atoms with Gasteiger partial charge in [-0.3, -0.25) is 0 Å². The van der Waals surface area contributed by atoms with Gasteiger partial charge >= 0.3 is 0 Å². The monoisotopic (exact) mass is 543 g/mol. The van der Waals surface area contributed by atoms with Crippen LogP contribution in [0.25, 0.3) is 0 Å². The molecule has 39 heavy (non-hydrogen) atoms. The lowest BCUT2D eigenvalue weighted by Gasteiger charge is -2.31. The topological polar surface area (TPSA) is 86.4 Å². The normalized spacial score (nSPS) is 11.8. The molecule has 0 aliphatic carbocycles. The third-order valence-corrected chi connectivity index (χ3v) is 11.2. The molecule has 0 atom stereocenters. The lowest BCUT2D eigenvalue weighted by atomic mass is 9.78. The molecule has 6 heteroatoms. The lowest BCUT2D eigenvalue weighted by molar-refractivity contribution is -0.402. The van der Waals surface area contributed by atoms with E-state index < -0.39 is 12.3 Å². The van der Waals surface area contributed by atoms with Gasteiger partial charge in [0.2, 0.25) is 0 Å². The molecule has 0 saturated carbocycles. The maximum absolute atomic E-state index is 11.3. The SMILES string of the molecule is CC(C)(C)c1cc(C[P+](c2ccccc2)(c2ccccc2)c2ccccc2)cc(C(C)(C)C)c1O.O=[N+]([O-])[O-]. The maximum atomic E-state index is 11.3. The van der Waals surface area contributed by atoms with Crippen LogP contribution in [0.1, 0.15) is 58.2 Å². The molecule has 0 amide bonds. The molecule has 5 nitrogen and oxygen atoms in total. The third-order valence-electron chi connectivity index (χ3n) is 6.80. The first-order valence-corrected chi connectivity index (χ1v) is 15.0. The summed E-state index contributed by atoms with van der Waals surface area (Å²) < 4.78 is 0. The molecule has 0 heterocycles. The molecule has 4 rings (SSSR count). The van der Waals surface area contributed by atoms with Gasteiger partial charge in [-0.05, 0) is 76.1 Å². The number of rotatable bonds is 5. The average Bonchev–Trinajstić information content (AvgIpc) is 2.88. The quantitative estimate of drug-likeness (QED) is 0.163. The fourth-order valence-electron chi connectivity index (χ4n) is 4.97. The van der Waals surface area contributed by atoms with Gasteiger partial charge in [0, 0.05) is 0 Å². The van der Waals surface area contributed by atoms with Crippen LogP contribution in [0.4, 0.5) is 0 Å². The van der Waals surface area contributed by atoms with E-state index >= 15 is 0 Å². The van der Waals surface area contributed by atoms with Crippen LogP contribution in [-0.2, 0) is 17.0 Å². The third kappa shape index (κ3) is 7.04. The molecule has 4 aromatic rings. The summed E-state index contributed by atoms with van der Waals surface area (Å²) in [6.07, 6.45) is 0.900. The Hall–Kier alpha value is -3.69. The molecule has 0 saturated heterocycles. The lowest BCUT2D eigenvalue weighted by Crippen LogP contribution is -2.32. The fourth-order valence-corrected chi connectivity index (χ4v) is 9.19. The Kier molecular flexibility index (Phi) is 9.19. The van der Waals surface area contributed by atoms with Gasteiger partial charge in [-0.25, -0.2) is 0 Å². The van der Waals surface area contributed by atoms with Crippen LogP contribution in [0, 0.1) is 15.3 Å². The highest BCUT2D eigenvalue weighted by Crippen LogP contribution is 2.58. The van der Waals surface area contributed by atoms with Crippen molar-refractivity contribution in [3.8, 4) is 5.75 Å². The van der Waals surface area contributed by atoms with E-state index in [9.17, 15) is 5.11 Å². The molecule has 0 aliphatic heterocycles. The Balaban J connectivity index is 0.000000983. The molecule has 0 bridgehead atoms. The van der Waals surface area contributed by atoms with Crippen LogP contribution in [0.3, 0.4) is 0 Å². The number of phenols is 1. The van der Waals surface area contributed by atoms with Crippen molar-refractivity contribution in [1.29, 1.82) is 0 Å². The van der Waals surface area contributed by atoms with Gasteiger partial charge in [-0.1, -0.05) is 96.1 Å². The number of nitrogens with zero attached hydrogens (tertiary/aromatic N) is 1. The van der Waals surface area contributed by atoms with E-state index in [1.165, 1.54) is 21.5 Å². The second-order valence-electron chi connectivity index (χ2n) is 11.7. The van der Waals surface area contributed by atoms with Crippen LogP contribution in [0.15, 0.2) is 103 Å². The van der Waals surface area contributed by atoms with Gasteiger partial charge in [0.25, 0.3) is 0 Å². The summed E-state index contributed by atoms with van der Waals surface area (Å²) in [6, 6.07) is 37.6. The van der Waals surface area contributed by atoms with Crippen molar-refractivity contribution < 1.29 is 10.2 Å². The second-order valence-corrected chi connectivity index (χ2v) is 15.2. The molecular weight excluding hydrogens is 505 g/mol. The highest BCUT2D eigenvalue weighted by molar-refractivity contribution is 7.95. The molecular formula is C33H38NO4P. The summed E-state index contributed by atoms with van der Waals surface area (Å²) in [5.41, 5.74) is 3.00. The molecule has 0 aromatic heterocycles. The second kappa shape index (κ2) is 12.0. The largest absolute Gasteiger partial charge is 0.507 e. The van der Waals surface area contributed by atoms with E-state index in [0.29, 0.717) is 5.75 Å². The average molecular weight is 544 g/mol. The van der Waals surface area contributed by atoms with Crippen molar-refractivity contribution in [3.05, 3.63) is 135 Å². The van der Waals surface area contributed by atoms with Gasteiger partial charge in [-0.15, -0.1) is 0 Å². The molecule has 4 aromatic carbocycles. The standard InChI is InChI=1S/C33H37OP.NO3/c1-32(2,3)29-22-25(23-30(31(29)34)33(4,5)6)24-35(26-16-10-7-11-17-26,27-18-12-8-13-19-27)28-20-14-9-15-21-28;2-1(3)4/h7-23H,24H2,1-6H3;/q;-1/p+1. The Labute approximate surface area is 232 Å². The summed E-state index contributed by atoms with van der Waals surface area (Å²) in [7, 11) is -2.02. The Morgan fingerprint density at radius 2 is 0.923 bits per heavy atom. The van der Waals surface area contributed by atoms with Gasteiger partial charge < -0.3 is 20.4 Å².